The van der Waals surface area contributed by atoms with E-state index >= 15 is 0 Å². The minimum Gasteiger partial charge on any atom is -0.307 e. The van der Waals surface area contributed by atoms with Crippen LogP contribution in [0, 0.1) is 0 Å². The van der Waals surface area contributed by atoms with Crippen molar-refractivity contribution >= 4 is 68.6 Å². The first kappa shape index (κ1) is 24.8. The molecule has 2 amide bonds. The predicted molar refractivity (Wildman–Crippen MR) is 167 cm³/mol. The zero-order valence-corrected chi connectivity index (χ0v) is 23.1. The van der Waals surface area contributed by atoms with Crippen molar-refractivity contribution in [3.8, 4) is 0 Å². The van der Waals surface area contributed by atoms with Gasteiger partial charge in [-0.15, -0.1) is 23.5 Å². The Labute approximate surface area is 240 Å². The van der Waals surface area contributed by atoms with Crippen molar-refractivity contribution in [2.45, 2.75) is 21.1 Å². The average molecular weight is 560 g/mol. The Kier molecular flexibility index (Phi) is 6.46. The van der Waals surface area contributed by atoms with Gasteiger partial charge in [0.2, 0.25) is 5.91 Å². The van der Waals surface area contributed by atoms with E-state index in [9.17, 15) is 9.59 Å². The molecule has 5 aromatic rings. The van der Waals surface area contributed by atoms with E-state index in [1.54, 1.807) is 11.8 Å². The van der Waals surface area contributed by atoms with Gasteiger partial charge in [0.05, 0.1) is 33.8 Å². The number of amides is 2. The second-order valence-corrected chi connectivity index (χ2v) is 12.0. The van der Waals surface area contributed by atoms with Crippen molar-refractivity contribution < 1.29 is 9.59 Å². The lowest BCUT2D eigenvalue weighted by atomic mass is 10.1. The quantitative estimate of drug-likeness (QED) is 0.225. The number of fused-ring (bicyclic) bond motifs is 5. The molecule has 5 nitrogen and oxygen atoms in total. The smallest absolute Gasteiger partial charge is 0.307 e. The maximum absolute atomic E-state index is 13.7. The molecule has 0 fully saturated rings. The van der Waals surface area contributed by atoms with Gasteiger partial charge in [-0.1, -0.05) is 78.9 Å². The van der Waals surface area contributed by atoms with Gasteiger partial charge in [0.1, 0.15) is 0 Å². The number of rotatable bonds is 4. The number of nitrogens with zero attached hydrogens (tertiary/aromatic N) is 2. The topological polar surface area (TPSA) is 54.3 Å². The molecule has 0 radical (unpaired) electrons. The SMILES string of the molecule is O=C(Nc1cccc(SCC(=O)n2c3ccccc3c3ccccc32)c1)N1c2ccccc2SC2C=CC=CC21. The summed E-state index contributed by atoms with van der Waals surface area (Å²) >= 11 is 3.25. The van der Waals surface area contributed by atoms with Crippen LogP contribution in [0.2, 0.25) is 0 Å². The Morgan fingerprint density at radius 3 is 2.30 bits per heavy atom. The van der Waals surface area contributed by atoms with Gasteiger partial charge >= 0.3 is 6.03 Å². The lowest BCUT2D eigenvalue weighted by molar-refractivity contribution is 0.0951. The van der Waals surface area contributed by atoms with E-state index in [0.29, 0.717) is 5.69 Å². The van der Waals surface area contributed by atoms with Gasteiger partial charge in [0.25, 0.3) is 0 Å². The van der Waals surface area contributed by atoms with Gasteiger partial charge < -0.3 is 5.32 Å². The standard InChI is InChI=1S/C33H25N3O2S2/c37-32(35-26-14-3-1-12-24(26)25-13-2-4-15-27(25)35)21-39-23-11-9-10-22(20-23)34-33(38)36-28-16-5-7-18-30(28)40-31-19-8-6-17-29(31)36/h1-20,28,30H,21H2,(H,34,38). The van der Waals surface area contributed by atoms with Crippen LogP contribution in [0.15, 0.2) is 131 Å². The van der Waals surface area contributed by atoms with Gasteiger partial charge in [-0.05, 0) is 42.5 Å². The molecule has 2 aliphatic rings. The fourth-order valence-electron chi connectivity index (χ4n) is 5.47. The molecule has 40 heavy (non-hydrogen) atoms. The predicted octanol–water partition coefficient (Wildman–Crippen LogP) is 8.23. The van der Waals surface area contributed by atoms with Gasteiger partial charge in [-0.2, -0.15) is 0 Å². The molecule has 2 heterocycles. The van der Waals surface area contributed by atoms with E-state index in [2.05, 4.69) is 35.7 Å². The van der Waals surface area contributed by atoms with Crippen molar-refractivity contribution in [3.05, 3.63) is 121 Å². The van der Waals surface area contributed by atoms with Crippen molar-refractivity contribution in [1.82, 2.24) is 4.57 Å². The number of hydrogen-bond donors (Lipinski definition) is 1. The number of thioether (sulfide) groups is 2. The lowest BCUT2D eigenvalue weighted by Gasteiger charge is -2.40. The summed E-state index contributed by atoms with van der Waals surface area (Å²) in [5.41, 5.74) is 3.44. The Balaban J connectivity index is 1.10. The molecular weight excluding hydrogens is 535 g/mol. The summed E-state index contributed by atoms with van der Waals surface area (Å²) in [6, 6.07) is 31.5. The van der Waals surface area contributed by atoms with Gasteiger partial charge in [0, 0.05) is 26.3 Å². The number of hydrogen-bond acceptors (Lipinski definition) is 4. The Morgan fingerprint density at radius 1 is 0.800 bits per heavy atom. The average Bonchev–Trinajstić information content (AvgIpc) is 3.33. The molecule has 1 aliphatic heterocycles. The van der Waals surface area contributed by atoms with E-state index in [4.69, 9.17) is 0 Å². The van der Waals surface area contributed by atoms with Crippen molar-refractivity contribution in [3.63, 3.8) is 0 Å². The minimum absolute atomic E-state index is 0.0162. The highest BCUT2D eigenvalue weighted by Crippen LogP contribution is 2.43. The van der Waals surface area contributed by atoms with Crippen LogP contribution in [0.1, 0.15) is 4.79 Å². The highest BCUT2D eigenvalue weighted by atomic mass is 32.2. The third-order valence-electron chi connectivity index (χ3n) is 7.24. The Morgan fingerprint density at radius 2 is 1.50 bits per heavy atom. The molecule has 1 N–H and O–H groups in total. The van der Waals surface area contributed by atoms with Crippen LogP contribution in [-0.2, 0) is 0 Å². The zero-order valence-electron chi connectivity index (χ0n) is 21.4. The molecule has 196 valence electrons. The maximum Gasteiger partial charge on any atom is 0.326 e. The summed E-state index contributed by atoms with van der Waals surface area (Å²) in [6.07, 6.45) is 8.28. The molecule has 2 atom stereocenters. The maximum atomic E-state index is 13.7. The van der Waals surface area contributed by atoms with Gasteiger partial charge in [0.15, 0.2) is 0 Å². The molecule has 4 aromatic carbocycles. The fraction of sp³-hybridized carbons (Fsp3) is 0.0909. The first-order valence-electron chi connectivity index (χ1n) is 13.1. The molecule has 0 spiro atoms. The van der Waals surface area contributed by atoms with Crippen LogP contribution in [-0.4, -0.2) is 33.6 Å². The summed E-state index contributed by atoms with van der Waals surface area (Å²) in [5.74, 6) is 0.292. The molecule has 0 saturated heterocycles. The number of para-hydroxylation sites is 3. The number of allylic oxidation sites excluding steroid dienone is 2. The van der Waals surface area contributed by atoms with E-state index in [1.165, 1.54) is 11.8 Å². The number of carbonyl (C=O) groups excluding carboxylic acids is 2. The van der Waals surface area contributed by atoms with Gasteiger partial charge in [-0.3, -0.25) is 14.3 Å². The van der Waals surface area contributed by atoms with Crippen LogP contribution in [0.3, 0.4) is 0 Å². The van der Waals surface area contributed by atoms with Crippen molar-refractivity contribution in [2.24, 2.45) is 0 Å². The van der Waals surface area contributed by atoms with Crippen LogP contribution in [0.4, 0.5) is 16.2 Å². The summed E-state index contributed by atoms with van der Waals surface area (Å²) in [7, 11) is 0. The highest BCUT2D eigenvalue weighted by Gasteiger charge is 2.36. The second-order valence-electron chi connectivity index (χ2n) is 9.69. The Bertz CT molecular complexity index is 1790. The molecule has 7 heteroatoms. The number of benzene rings is 4. The van der Waals surface area contributed by atoms with Crippen molar-refractivity contribution in [2.75, 3.05) is 16.0 Å². The molecule has 7 rings (SSSR count). The van der Waals surface area contributed by atoms with Crippen molar-refractivity contribution in [1.29, 1.82) is 0 Å². The van der Waals surface area contributed by atoms with E-state index < -0.39 is 0 Å². The first-order valence-corrected chi connectivity index (χ1v) is 15.0. The normalized spacial score (nSPS) is 17.6. The Hall–Kier alpha value is -4.20. The third-order valence-corrected chi connectivity index (χ3v) is 9.52. The lowest BCUT2D eigenvalue weighted by Crippen LogP contribution is -2.49. The molecule has 1 aliphatic carbocycles. The fourth-order valence-corrected chi connectivity index (χ4v) is 7.54. The van der Waals surface area contributed by atoms with E-state index in [-0.39, 0.29) is 29.0 Å². The summed E-state index contributed by atoms with van der Waals surface area (Å²) < 4.78 is 1.82. The van der Waals surface area contributed by atoms with E-state index in [1.807, 2.05) is 100 Å². The third kappa shape index (κ3) is 4.41. The van der Waals surface area contributed by atoms with E-state index in [0.717, 1.165) is 37.3 Å². The number of nitrogens with one attached hydrogen (secondary N) is 1. The first-order chi connectivity index (χ1) is 19.7. The molecule has 1 aromatic heterocycles. The number of anilines is 2. The van der Waals surface area contributed by atoms with Crippen LogP contribution in [0.25, 0.3) is 21.8 Å². The molecule has 0 bridgehead atoms. The molecule has 2 unspecified atom stereocenters. The largest absolute Gasteiger partial charge is 0.326 e. The van der Waals surface area contributed by atoms with Crippen LogP contribution >= 0.6 is 23.5 Å². The summed E-state index contributed by atoms with van der Waals surface area (Å²) in [5, 5.41) is 5.42. The monoisotopic (exact) mass is 559 g/mol. The number of carbonyl (C=O) groups is 2. The number of aromatic nitrogens is 1. The summed E-state index contributed by atoms with van der Waals surface area (Å²) in [4.78, 5) is 31.0. The molecule has 0 saturated carbocycles. The minimum atomic E-state index is -0.175. The van der Waals surface area contributed by atoms with Crippen LogP contribution < -0.4 is 10.2 Å². The molecular formula is C33H25N3O2S2. The number of urea groups is 1. The van der Waals surface area contributed by atoms with Crippen LogP contribution in [0.5, 0.6) is 0 Å². The summed E-state index contributed by atoms with van der Waals surface area (Å²) in [6.45, 7) is 0. The zero-order chi connectivity index (χ0) is 27.1. The highest BCUT2D eigenvalue weighted by molar-refractivity contribution is 8.00. The van der Waals surface area contributed by atoms with Gasteiger partial charge in [-0.25, -0.2) is 4.79 Å². The second kappa shape index (κ2) is 10.4.